The predicted octanol–water partition coefficient (Wildman–Crippen LogP) is 0.0827. The molecule has 1 aromatic carbocycles. The maximum absolute atomic E-state index is 10.2. The average molecular weight is 184 g/mol. The van der Waals surface area contributed by atoms with Crippen LogP contribution in [-0.4, -0.2) is 14.7 Å². The van der Waals surface area contributed by atoms with E-state index in [1.165, 1.54) is 24.3 Å². The summed E-state index contributed by atoms with van der Waals surface area (Å²) in [6.45, 7) is 0. The van der Waals surface area contributed by atoms with Crippen molar-refractivity contribution in [3.05, 3.63) is 29.8 Å². The van der Waals surface area contributed by atoms with Crippen LogP contribution in [0.2, 0.25) is 0 Å². The van der Waals surface area contributed by atoms with Gasteiger partial charge in [0.25, 0.3) is 0 Å². The average Bonchev–Trinajstić information content (AvgIpc) is 2.05. The summed E-state index contributed by atoms with van der Waals surface area (Å²) in [5.74, 6) is 0. The van der Waals surface area contributed by atoms with Gasteiger partial charge in [-0.15, -0.1) is 0 Å². The van der Waals surface area contributed by atoms with E-state index in [1.54, 1.807) is 6.29 Å². The van der Waals surface area contributed by atoms with Crippen LogP contribution in [0.1, 0.15) is 5.56 Å². The number of hydrogen-bond donors (Lipinski definition) is 2. The van der Waals surface area contributed by atoms with Gasteiger partial charge in [0.05, 0.1) is 0 Å². The molecule has 63 valence electrons. The summed E-state index contributed by atoms with van der Waals surface area (Å²) in [6, 6.07) is 5.94. The lowest BCUT2D eigenvalue weighted by molar-refractivity contribution is 0.563. The van der Waals surface area contributed by atoms with Gasteiger partial charge in [0.1, 0.15) is 0 Å². The third kappa shape index (κ3) is 2.35. The van der Waals surface area contributed by atoms with Gasteiger partial charge in [-0.3, -0.25) is 9.52 Å². The number of hydrogen-bond acceptors (Lipinski definition) is 3. The third-order valence-corrected chi connectivity index (χ3v) is 1.66. The van der Waals surface area contributed by atoms with Crippen LogP contribution in [0.3, 0.4) is 0 Å². The van der Waals surface area contributed by atoms with Crippen LogP contribution in [0.5, 0.6) is 0 Å². The Morgan fingerprint density at radius 3 is 2.17 bits per heavy atom. The van der Waals surface area contributed by atoms with Crippen molar-refractivity contribution in [3.8, 4) is 0 Å². The first-order valence-electron chi connectivity index (χ1n) is 3.11. The fourth-order valence-electron chi connectivity index (χ4n) is 0.718. The summed E-state index contributed by atoms with van der Waals surface area (Å²) in [6.07, 6.45) is 1.68. The lowest BCUT2D eigenvalue weighted by atomic mass is 10.2. The van der Waals surface area contributed by atoms with Gasteiger partial charge in [-0.1, -0.05) is 0 Å². The minimum Gasteiger partial charge on any atom is -0.286 e. The highest BCUT2D eigenvalue weighted by Crippen LogP contribution is 2.07. The highest BCUT2D eigenvalue weighted by Gasteiger charge is 1.92. The molecule has 1 radical (unpaired) electrons. The molecule has 0 heterocycles. The van der Waals surface area contributed by atoms with Gasteiger partial charge in [0.2, 0.25) is 17.2 Å². The lowest BCUT2D eigenvalue weighted by Gasteiger charge is -1.96. The van der Waals surface area contributed by atoms with Crippen molar-refractivity contribution >= 4 is 22.9 Å². The van der Waals surface area contributed by atoms with Crippen molar-refractivity contribution < 1.29 is 13.2 Å². The second-order valence-electron chi connectivity index (χ2n) is 2.05. The fourth-order valence-corrected chi connectivity index (χ4v) is 1.08. The molecule has 0 aromatic heterocycles. The van der Waals surface area contributed by atoms with Crippen molar-refractivity contribution in [1.29, 1.82) is 0 Å². The standard InChI is InChI=1S/C7H6NO3S/c9-5-6-1-3-7(4-2-6)8-12(10)11/h1-4,12H,(H,8,10,11). The van der Waals surface area contributed by atoms with E-state index in [-0.39, 0.29) is 0 Å². The summed E-state index contributed by atoms with van der Waals surface area (Å²) in [7, 11) is -2.64. The van der Waals surface area contributed by atoms with Gasteiger partial charge < -0.3 is 0 Å². The molecule has 0 aliphatic rings. The van der Waals surface area contributed by atoms with E-state index in [2.05, 4.69) is 4.72 Å². The van der Waals surface area contributed by atoms with Crippen LogP contribution >= 0.6 is 0 Å². The first kappa shape index (κ1) is 8.73. The molecule has 0 saturated carbocycles. The Morgan fingerprint density at radius 2 is 1.75 bits per heavy atom. The largest absolute Gasteiger partial charge is 0.286 e. The van der Waals surface area contributed by atoms with E-state index in [4.69, 9.17) is 0 Å². The van der Waals surface area contributed by atoms with Crippen molar-refractivity contribution in [1.82, 2.24) is 0 Å². The molecule has 0 saturated heterocycles. The zero-order valence-electron chi connectivity index (χ0n) is 5.98. The maximum atomic E-state index is 10.2. The predicted molar refractivity (Wildman–Crippen MR) is 45.2 cm³/mol. The van der Waals surface area contributed by atoms with Gasteiger partial charge in [0, 0.05) is 11.3 Å². The molecule has 0 aliphatic heterocycles. The van der Waals surface area contributed by atoms with Gasteiger partial charge in [-0.05, 0) is 24.3 Å². The SMILES string of the molecule is O=[C]c1ccc(N[SH](=O)=O)cc1. The van der Waals surface area contributed by atoms with Crippen LogP contribution in [0.4, 0.5) is 5.69 Å². The minimum absolute atomic E-state index is 0.390. The number of nitrogens with one attached hydrogen (secondary N) is 1. The molecule has 1 N–H and O–H groups in total. The summed E-state index contributed by atoms with van der Waals surface area (Å²) in [5, 5.41) is 0. The van der Waals surface area contributed by atoms with Crippen LogP contribution in [0.25, 0.3) is 0 Å². The Balaban J connectivity index is 2.84. The van der Waals surface area contributed by atoms with E-state index < -0.39 is 10.9 Å². The second kappa shape index (κ2) is 3.87. The quantitative estimate of drug-likeness (QED) is 0.654. The van der Waals surface area contributed by atoms with E-state index >= 15 is 0 Å². The number of anilines is 1. The molecule has 0 bridgehead atoms. The lowest BCUT2D eigenvalue weighted by Crippen LogP contribution is -1.94. The maximum Gasteiger partial charge on any atom is 0.233 e. The molecule has 0 aliphatic carbocycles. The molecule has 4 nitrogen and oxygen atoms in total. The van der Waals surface area contributed by atoms with E-state index in [0.717, 1.165) is 0 Å². The molecule has 5 heteroatoms. The second-order valence-corrected chi connectivity index (χ2v) is 2.79. The summed E-state index contributed by atoms with van der Waals surface area (Å²) in [4.78, 5) is 10.1. The van der Waals surface area contributed by atoms with E-state index in [1.807, 2.05) is 0 Å². The molecule has 0 fully saturated rings. The van der Waals surface area contributed by atoms with Crippen LogP contribution in [-0.2, 0) is 15.7 Å². The van der Waals surface area contributed by atoms with Crippen LogP contribution in [0.15, 0.2) is 24.3 Å². The van der Waals surface area contributed by atoms with Gasteiger partial charge >= 0.3 is 0 Å². The van der Waals surface area contributed by atoms with Crippen molar-refractivity contribution in [2.24, 2.45) is 0 Å². The van der Waals surface area contributed by atoms with E-state index in [9.17, 15) is 13.2 Å². The van der Waals surface area contributed by atoms with Gasteiger partial charge in [0.15, 0.2) is 0 Å². The zero-order chi connectivity index (χ0) is 8.97. The Labute approximate surface area is 71.3 Å². The highest BCUT2D eigenvalue weighted by atomic mass is 32.2. The Kier molecular flexibility index (Phi) is 2.82. The molecule has 0 atom stereocenters. The van der Waals surface area contributed by atoms with Gasteiger partial charge in [-0.2, -0.15) is 0 Å². The summed E-state index contributed by atoms with van der Waals surface area (Å²) < 4.78 is 22.5. The first-order chi connectivity index (χ1) is 5.72. The molecule has 0 amide bonds. The van der Waals surface area contributed by atoms with Crippen molar-refractivity contribution in [3.63, 3.8) is 0 Å². The van der Waals surface area contributed by atoms with Crippen LogP contribution < -0.4 is 4.72 Å². The minimum atomic E-state index is -2.64. The van der Waals surface area contributed by atoms with E-state index in [0.29, 0.717) is 11.3 Å². The highest BCUT2D eigenvalue weighted by molar-refractivity contribution is 7.73. The molecular formula is C7H6NO3S. The molecule has 1 rings (SSSR count). The molecule has 12 heavy (non-hydrogen) atoms. The number of carbonyl (C=O) groups excluding carboxylic acids is 1. The van der Waals surface area contributed by atoms with Crippen molar-refractivity contribution in [2.45, 2.75) is 0 Å². The molecule has 0 spiro atoms. The fraction of sp³-hybridized carbons (Fsp3) is 0. The summed E-state index contributed by atoms with van der Waals surface area (Å²) in [5.41, 5.74) is 0.826. The Bertz CT molecular complexity index is 334. The van der Waals surface area contributed by atoms with Gasteiger partial charge in [-0.25, -0.2) is 8.42 Å². The normalized spacial score (nSPS) is 9.75. The Morgan fingerprint density at radius 1 is 1.17 bits per heavy atom. The first-order valence-corrected chi connectivity index (χ1v) is 4.29. The summed E-state index contributed by atoms with van der Waals surface area (Å²) >= 11 is 0. The van der Waals surface area contributed by atoms with Crippen molar-refractivity contribution in [2.75, 3.05) is 4.72 Å². The monoisotopic (exact) mass is 184 g/mol. The number of rotatable bonds is 3. The molecule has 0 unspecified atom stereocenters. The number of benzene rings is 1. The topological polar surface area (TPSA) is 63.2 Å². The molecule has 1 aromatic rings. The zero-order valence-corrected chi connectivity index (χ0v) is 6.88. The molecular weight excluding hydrogens is 178 g/mol. The Hall–Kier alpha value is -1.36. The smallest absolute Gasteiger partial charge is 0.233 e. The third-order valence-electron chi connectivity index (χ3n) is 1.22. The number of thiol groups is 1. The van der Waals surface area contributed by atoms with Crippen LogP contribution in [0, 0.1) is 0 Å².